The molecule has 0 aliphatic rings. The number of hydrogen-bond acceptors (Lipinski definition) is 5. The molecule has 37 heavy (non-hydrogen) atoms. The summed E-state index contributed by atoms with van der Waals surface area (Å²) in [5.41, 5.74) is -0.0907. The van der Waals surface area contributed by atoms with Crippen LogP contribution >= 0.6 is 0 Å². The average Bonchev–Trinajstić information content (AvgIpc) is 3.15. The molecule has 0 radical (unpaired) electrons. The molecule has 0 unspecified atom stereocenters. The highest BCUT2D eigenvalue weighted by molar-refractivity contribution is 5.98. The van der Waals surface area contributed by atoms with Crippen molar-refractivity contribution in [2.45, 2.75) is 53.2 Å². The molecular formula is C26H29FN6O4. The highest BCUT2D eigenvalue weighted by atomic mass is 19.1. The highest BCUT2D eigenvalue weighted by Gasteiger charge is 2.20. The summed E-state index contributed by atoms with van der Waals surface area (Å²) in [6, 6.07) is 9.69. The van der Waals surface area contributed by atoms with Crippen molar-refractivity contribution in [3.8, 4) is 0 Å². The number of rotatable bonds is 8. The number of aryl methyl sites for hydroxylation is 1. The van der Waals surface area contributed by atoms with Crippen molar-refractivity contribution in [1.29, 1.82) is 0 Å². The molecule has 0 atom stereocenters. The quantitative estimate of drug-likeness (QED) is 0.379. The third kappa shape index (κ3) is 5.45. The molecule has 0 saturated carbocycles. The van der Waals surface area contributed by atoms with Gasteiger partial charge in [-0.25, -0.2) is 18.3 Å². The molecule has 0 saturated heterocycles. The Morgan fingerprint density at radius 3 is 2.38 bits per heavy atom. The van der Waals surface area contributed by atoms with Gasteiger partial charge in [0.15, 0.2) is 0 Å². The normalized spacial score (nSPS) is 11.5. The minimum atomic E-state index is -0.631. The van der Waals surface area contributed by atoms with E-state index in [1.807, 2.05) is 27.7 Å². The molecule has 0 spiro atoms. The Morgan fingerprint density at radius 1 is 1.03 bits per heavy atom. The summed E-state index contributed by atoms with van der Waals surface area (Å²) in [4.78, 5) is 52.1. The van der Waals surface area contributed by atoms with Crippen LogP contribution in [0.5, 0.6) is 0 Å². The number of nitrogens with one attached hydrogen (secondary N) is 2. The van der Waals surface area contributed by atoms with Gasteiger partial charge in [-0.1, -0.05) is 13.8 Å². The molecule has 2 N–H and O–H groups in total. The number of anilines is 1. The van der Waals surface area contributed by atoms with E-state index in [0.717, 1.165) is 4.68 Å². The SMILES string of the molecule is CC(C)CCn1c(=O)c2ccc(C(=O)NC(C)C)cc2n2c(=O)n(CC(=O)Nc3ccc(F)cc3)nc12. The van der Waals surface area contributed by atoms with Crippen LogP contribution in [0.15, 0.2) is 52.1 Å². The summed E-state index contributed by atoms with van der Waals surface area (Å²) in [7, 11) is 0. The minimum absolute atomic E-state index is 0.0825. The molecule has 0 fully saturated rings. The Labute approximate surface area is 211 Å². The van der Waals surface area contributed by atoms with Crippen LogP contribution in [-0.2, 0) is 17.9 Å². The van der Waals surface area contributed by atoms with Crippen LogP contribution in [-0.4, -0.2) is 36.6 Å². The Balaban J connectivity index is 1.83. The highest BCUT2D eigenvalue weighted by Crippen LogP contribution is 2.16. The number of benzene rings is 2. The van der Waals surface area contributed by atoms with Gasteiger partial charge in [-0.2, -0.15) is 0 Å². The summed E-state index contributed by atoms with van der Waals surface area (Å²) in [5.74, 6) is -0.955. The fourth-order valence-electron chi connectivity index (χ4n) is 3.96. The molecule has 4 rings (SSSR count). The number of fused-ring (bicyclic) bond motifs is 3. The zero-order chi connectivity index (χ0) is 26.9. The first-order valence-corrected chi connectivity index (χ1v) is 12.1. The van der Waals surface area contributed by atoms with E-state index in [0.29, 0.717) is 24.6 Å². The van der Waals surface area contributed by atoms with Crippen molar-refractivity contribution < 1.29 is 14.0 Å². The van der Waals surface area contributed by atoms with E-state index in [4.69, 9.17) is 0 Å². The Hall–Kier alpha value is -4.28. The maximum atomic E-state index is 13.5. The lowest BCUT2D eigenvalue weighted by Crippen LogP contribution is -2.31. The Bertz CT molecular complexity index is 1600. The van der Waals surface area contributed by atoms with E-state index in [1.54, 1.807) is 6.07 Å². The van der Waals surface area contributed by atoms with Crippen molar-refractivity contribution in [1.82, 2.24) is 24.1 Å². The Kier molecular flexibility index (Phi) is 7.23. The van der Waals surface area contributed by atoms with Gasteiger partial charge in [0.25, 0.3) is 11.5 Å². The zero-order valence-corrected chi connectivity index (χ0v) is 21.1. The summed E-state index contributed by atoms with van der Waals surface area (Å²) in [5, 5.41) is 9.98. The van der Waals surface area contributed by atoms with Gasteiger partial charge >= 0.3 is 5.69 Å². The van der Waals surface area contributed by atoms with Gasteiger partial charge < -0.3 is 10.6 Å². The number of nitrogens with zero attached hydrogens (tertiary/aromatic N) is 4. The lowest BCUT2D eigenvalue weighted by molar-refractivity contribution is -0.117. The smallest absolute Gasteiger partial charge is 0.350 e. The van der Waals surface area contributed by atoms with Gasteiger partial charge in [-0.05, 0) is 68.7 Å². The largest absolute Gasteiger partial charge is 0.352 e. The van der Waals surface area contributed by atoms with Crippen molar-refractivity contribution in [2.75, 3.05) is 5.32 Å². The van der Waals surface area contributed by atoms with Crippen LogP contribution in [0.4, 0.5) is 10.1 Å². The van der Waals surface area contributed by atoms with Crippen molar-refractivity contribution in [2.24, 2.45) is 5.92 Å². The lowest BCUT2D eigenvalue weighted by atomic mass is 10.1. The molecule has 2 heterocycles. The fourth-order valence-corrected chi connectivity index (χ4v) is 3.96. The third-order valence-corrected chi connectivity index (χ3v) is 5.81. The van der Waals surface area contributed by atoms with E-state index in [-0.39, 0.29) is 39.8 Å². The first-order valence-electron chi connectivity index (χ1n) is 12.1. The number of carbonyl (C=O) groups excluding carboxylic acids is 2. The molecule has 194 valence electrons. The number of amides is 2. The van der Waals surface area contributed by atoms with Gasteiger partial charge in [0, 0.05) is 23.8 Å². The maximum absolute atomic E-state index is 13.5. The second-order valence-corrected chi connectivity index (χ2v) is 9.63. The van der Waals surface area contributed by atoms with Crippen LogP contribution in [0.2, 0.25) is 0 Å². The van der Waals surface area contributed by atoms with Gasteiger partial charge in [0.1, 0.15) is 12.4 Å². The molecule has 11 heteroatoms. The summed E-state index contributed by atoms with van der Waals surface area (Å²) < 4.78 is 16.8. The Morgan fingerprint density at radius 2 is 1.73 bits per heavy atom. The van der Waals surface area contributed by atoms with Crippen molar-refractivity contribution in [3.63, 3.8) is 0 Å². The van der Waals surface area contributed by atoms with E-state index < -0.39 is 24.0 Å². The second-order valence-electron chi connectivity index (χ2n) is 9.63. The molecule has 0 bridgehead atoms. The first kappa shape index (κ1) is 25.8. The van der Waals surface area contributed by atoms with Crippen molar-refractivity contribution >= 4 is 34.2 Å². The van der Waals surface area contributed by atoms with Crippen LogP contribution < -0.4 is 21.9 Å². The molecule has 4 aromatic rings. The van der Waals surface area contributed by atoms with Crippen LogP contribution in [0.25, 0.3) is 16.7 Å². The number of halogens is 1. The topological polar surface area (TPSA) is 120 Å². The van der Waals surface area contributed by atoms with Gasteiger partial charge in [-0.3, -0.25) is 19.0 Å². The average molecular weight is 509 g/mol. The molecule has 2 aromatic carbocycles. The van der Waals surface area contributed by atoms with Crippen LogP contribution in [0.1, 0.15) is 44.5 Å². The standard InChI is InChI=1S/C26H29FN6O4/c1-15(2)11-12-31-24(36)20-10-5-17(23(35)28-16(3)4)13-21(20)33-25(31)30-32(26(33)37)14-22(34)29-19-8-6-18(27)7-9-19/h5-10,13,15-16H,11-12,14H2,1-4H3,(H,28,35)(H,29,34). The first-order chi connectivity index (χ1) is 17.5. The second kappa shape index (κ2) is 10.4. The summed E-state index contributed by atoms with van der Waals surface area (Å²) in [6.45, 7) is 7.60. The summed E-state index contributed by atoms with van der Waals surface area (Å²) >= 11 is 0. The predicted octanol–water partition coefficient (Wildman–Crippen LogP) is 2.77. The minimum Gasteiger partial charge on any atom is -0.350 e. The lowest BCUT2D eigenvalue weighted by Gasteiger charge is -2.12. The van der Waals surface area contributed by atoms with E-state index in [9.17, 15) is 23.6 Å². The molecule has 0 aliphatic heterocycles. The van der Waals surface area contributed by atoms with Gasteiger partial charge in [0.2, 0.25) is 11.7 Å². The van der Waals surface area contributed by atoms with Gasteiger partial charge in [-0.15, -0.1) is 5.10 Å². The van der Waals surface area contributed by atoms with Crippen LogP contribution in [0, 0.1) is 11.7 Å². The van der Waals surface area contributed by atoms with Crippen LogP contribution in [0.3, 0.4) is 0 Å². The molecule has 10 nitrogen and oxygen atoms in total. The van der Waals surface area contributed by atoms with E-state index >= 15 is 0 Å². The molecule has 0 aliphatic carbocycles. The van der Waals surface area contributed by atoms with E-state index in [1.165, 1.54) is 45.4 Å². The maximum Gasteiger partial charge on any atom is 0.352 e. The number of aromatic nitrogens is 4. The number of hydrogen-bond donors (Lipinski definition) is 2. The third-order valence-electron chi connectivity index (χ3n) is 5.81. The van der Waals surface area contributed by atoms with Gasteiger partial charge in [0.05, 0.1) is 10.9 Å². The van der Waals surface area contributed by atoms with E-state index in [2.05, 4.69) is 15.7 Å². The summed E-state index contributed by atoms with van der Waals surface area (Å²) in [6.07, 6.45) is 0.669. The number of carbonyl (C=O) groups is 2. The predicted molar refractivity (Wildman–Crippen MR) is 138 cm³/mol. The van der Waals surface area contributed by atoms with Crippen molar-refractivity contribution in [3.05, 3.63) is 74.7 Å². The molecular weight excluding hydrogens is 479 g/mol. The fraction of sp³-hybridized carbons (Fsp3) is 0.346. The monoisotopic (exact) mass is 508 g/mol. The zero-order valence-electron chi connectivity index (χ0n) is 21.1. The molecule has 2 aromatic heterocycles. The molecule has 2 amide bonds.